The van der Waals surface area contributed by atoms with Crippen molar-refractivity contribution >= 4 is 11.4 Å². The molecule has 0 aliphatic carbocycles. The molecule has 0 spiro atoms. The van der Waals surface area contributed by atoms with E-state index in [1.165, 1.54) is 12.1 Å². The SMILES string of the molecule is Cc1cc(O)c([N+](=O)[O-])cc1-c1cc([N+](=O)[O-])c(O)cc1C. The zero-order valence-electron chi connectivity index (χ0n) is 11.7. The number of benzene rings is 2. The van der Waals surface area contributed by atoms with E-state index in [1.807, 2.05) is 0 Å². The predicted octanol–water partition coefficient (Wildman–Crippen LogP) is 3.20. The molecule has 0 saturated carbocycles. The molecule has 8 nitrogen and oxygen atoms in total. The maximum atomic E-state index is 10.9. The molecule has 0 bridgehead atoms. The summed E-state index contributed by atoms with van der Waals surface area (Å²) in [4.78, 5) is 20.4. The van der Waals surface area contributed by atoms with Crippen LogP contribution in [0.5, 0.6) is 11.5 Å². The van der Waals surface area contributed by atoms with E-state index in [-0.39, 0.29) is 0 Å². The first kappa shape index (κ1) is 15.2. The highest BCUT2D eigenvalue weighted by Gasteiger charge is 2.21. The van der Waals surface area contributed by atoms with Crippen LogP contribution < -0.4 is 0 Å². The quantitative estimate of drug-likeness (QED) is 0.662. The second-order valence-electron chi connectivity index (χ2n) is 4.83. The number of hydrogen-bond donors (Lipinski definition) is 2. The standard InChI is InChI=1S/C14H12N2O6/c1-7-3-13(17)11(15(19)20)5-9(7)10-6-12(16(21)22)14(18)4-8(10)2/h3-6,17-18H,1-2H3. The lowest BCUT2D eigenvalue weighted by Gasteiger charge is -2.11. The third-order valence-corrected chi connectivity index (χ3v) is 3.33. The van der Waals surface area contributed by atoms with Crippen molar-refractivity contribution in [2.45, 2.75) is 13.8 Å². The van der Waals surface area contributed by atoms with Crippen molar-refractivity contribution in [2.75, 3.05) is 0 Å². The summed E-state index contributed by atoms with van der Waals surface area (Å²) in [6, 6.07) is 4.78. The molecule has 0 amide bonds. The van der Waals surface area contributed by atoms with E-state index < -0.39 is 32.7 Å². The highest BCUT2D eigenvalue weighted by Crippen LogP contribution is 2.39. The van der Waals surface area contributed by atoms with Crippen LogP contribution in [0.3, 0.4) is 0 Å². The molecule has 0 aliphatic heterocycles. The number of aryl methyl sites for hydroxylation is 2. The molecule has 0 radical (unpaired) electrons. The third-order valence-electron chi connectivity index (χ3n) is 3.33. The topological polar surface area (TPSA) is 127 Å². The fraction of sp³-hybridized carbons (Fsp3) is 0.143. The molecule has 8 heteroatoms. The molecule has 0 atom stereocenters. The average molecular weight is 304 g/mol. The number of nitro groups is 2. The summed E-state index contributed by atoms with van der Waals surface area (Å²) in [6.07, 6.45) is 0. The molecule has 2 aromatic rings. The van der Waals surface area contributed by atoms with Crippen molar-refractivity contribution < 1.29 is 20.1 Å². The van der Waals surface area contributed by atoms with Crippen molar-refractivity contribution in [2.24, 2.45) is 0 Å². The van der Waals surface area contributed by atoms with E-state index in [4.69, 9.17) is 0 Å². The van der Waals surface area contributed by atoms with Crippen molar-refractivity contribution in [3.05, 3.63) is 55.6 Å². The van der Waals surface area contributed by atoms with Gasteiger partial charge in [-0.05, 0) is 48.2 Å². The molecule has 22 heavy (non-hydrogen) atoms. The summed E-state index contributed by atoms with van der Waals surface area (Å²) in [5, 5.41) is 41.1. The Labute approximate surface area is 124 Å². The van der Waals surface area contributed by atoms with Crippen LogP contribution in [0.15, 0.2) is 24.3 Å². The third kappa shape index (κ3) is 2.53. The molecule has 0 unspecified atom stereocenters. The summed E-state index contributed by atoms with van der Waals surface area (Å²) in [5.41, 5.74) is 0.819. The van der Waals surface area contributed by atoms with Gasteiger partial charge in [-0.25, -0.2) is 0 Å². The van der Waals surface area contributed by atoms with Gasteiger partial charge >= 0.3 is 11.4 Å². The van der Waals surface area contributed by atoms with Gasteiger partial charge in [-0.15, -0.1) is 0 Å². The van der Waals surface area contributed by atoms with E-state index in [9.17, 15) is 30.4 Å². The monoisotopic (exact) mass is 304 g/mol. The van der Waals surface area contributed by atoms with Gasteiger partial charge in [-0.2, -0.15) is 0 Å². The zero-order chi connectivity index (χ0) is 16.6. The Morgan fingerprint density at radius 1 is 0.773 bits per heavy atom. The Kier molecular flexibility index (Phi) is 3.68. The highest BCUT2D eigenvalue weighted by atomic mass is 16.6. The maximum Gasteiger partial charge on any atom is 0.311 e. The van der Waals surface area contributed by atoms with Crippen LogP contribution in [0.1, 0.15) is 11.1 Å². The normalized spacial score (nSPS) is 10.5. The van der Waals surface area contributed by atoms with E-state index in [0.717, 1.165) is 12.1 Å². The van der Waals surface area contributed by atoms with Gasteiger partial charge < -0.3 is 10.2 Å². The molecule has 0 fully saturated rings. The van der Waals surface area contributed by atoms with Crippen LogP contribution in [0, 0.1) is 34.1 Å². The summed E-state index contributed by atoms with van der Waals surface area (Å²) in [5.74, 6) is -0.950. The zero-order valence-corrected chi connectivity index (χ0v) is 11.7. The Morgan fingerprint density at radius 3 is 1.36 bits per heavy atom. The Hall–Kier alpha value is -3.16. The number of hydrogen-bond acceptors (Lipinski definition) is 6. The molecule has 0 aliphatic rings. The minimum atomic E-state index is -0.734. The summed E-state index contributed by atoms with van der Waals surface area (Å²) in [6.45, 7) is 3.24. The van der Waals surface area contributed by atoms with Gasteiger partial charge in [-0.1, -0.05) is 0 Å². The fourth-order valence-electron chi connectivity index (χ4n) is 2.24. The summed E-state index contributed by atoms with van der Waals surface area (Å²) >= 11 is 0. The van der Waals surface area contributed by atoms with Crippen LogP contribution in [0.25, 0.3) is 11.1 Å². The molecule has 0 aromatic heterocycles. The number of aromatic hydroxyl groups is 2. The number of phenolic OH excluding ortho intramolecular Hbond substituents is 2. The number of nitrogens with zero attached hydrogens (tertiary/aromatic N) is 2. The van der Waals surface area contributed by atoms with Gasteiger partial charge in [0, 0.05) is 12.1 Å². The second-order valence-corrected chi connectivity index (χ2v) is 4.83. The van der Waals surface area contributed by atoms with E-state index >= 15 is 0 Å². The molecular weight excluding hydrogens is 292 g/mol. The first-order valence-corrected chi connectivity index (χ1v) is 6.18. The number of phenols is 2. The summed E-state index contributed by atoms with van der Waals surface area (Å²) < 4.78 is 0. The highest BCUT2D eigenvalue weighted by molar-refractivity contribution is 5.77. The predicted molar refractivity (Wildman–Crippen MR) is 78.0 cm³/mol. The maximum absolute atomic E-state index is 10.9. The van der Waals surface area contributed by atoms with Crippen LogP contribution in [-0.2, 0) is 0 Å². The number of nitro benzene ring substituents is 2. The molecule has 2 aromatic carbocycles. The molecule has 2 rings (SSSR count). The largest absolute Gasteiger partial charge is 0.502 e. The van der Waals surface area contributed by atoms with Gasteiger partial charge in [0.2, 0.25) is 0 Å². The van der Waals surface area contributed by atoms with Crippen LogP contribution in [-0.4, -0.2) is 20.1 Å². The van der Waals surface area contributed by atoms with E-state index in [2.05, 4.69) is 0 Å². The summed E-state index contributed by atoms with van der Waals surface area (Å²) in [7, 11) is 0. The smallest absolute Gasteiger partial charge is 0.311 e. The fourth-order valence-corrected chi connectivity index (χ4v) is 2.24. The van der Waals surface area contributed by atoms with Gasteiger partial charge in [0.25, 0.3) is 0 Å². The van der Waals surface area contributed by atoms with Crippen LogP contribution in [0.2, 0.25) is 0 Å². The molecule has 114 valence electrons. The van der Waals surface area contributed by atoms with Crippen LogP contribution in [0.4, 0.5) is 11.4 Å². The van der Waals surface area contributed by atoms with Gasteiger partial charge in [-0.3, -0.25) is 20.2 Å². The Bertz CT molecular complexity index is 733. The van der Waals surface area contributed by atoms with Crippen LogP contribution >= 0.6 is 0 Å². The molecule has 0 saturated heterocycles. The van der Waals surface area contributed by atoms with E-state index in [0.29, 0.717) is 22.3 Å². The van der Waals surface area contributed by atoms with Crippen molar-refractivity contribution in [1.29, 1.82) is 0 Å². The van der Waals surface area contributed by atoms with Crippen molar-refractivity contribution in [3.8, 4) is 22.6 Å². The molecular formula is C14H12N2O6. The first-order chi connectivity index (χ1) is 10.2. The van der Waals surface area contributed by atoms with Crippen molar-refractivity contribution in [1.82, 2.24) is 0 Å². The van der Waals surface area contributed by atoms with Gasteiger partial charge in [0.05, 0.1) is 9.85 Å². The Morgan fingerprint density at radius 2 is 1.09 bits per heavy atom. The lowest BCUT2D eigenvalue weighted by atomic mass is 9.95. The van der Waals surface area contributed by atoms with Gasteiger partial charge in [0.1, 0.15) is 0 Å². The average Bonchev–Trinajstić information content (AvgIpc) is 2.39. The van der Waals surface area contributed by atoms with E-state index in [1.54, 1.807) is 13.8 Å². The minimum Gasteiger partial charge on any atom is -0.502 e. The van der Waals surface area contributed by atoms with Crippen molar-refractivity contribution in [3.63, 3.8) is 0 Å². The molecule has 0 heterocycles. The first-order valence-electron chi connectivity index (χ1n) is 6.18. The minimum absolute atomic E-state index is 0.380. The van der Waals surface area contributed by atoms with Gasteiger partial charge in [0.15, 0.2) is 11.5 Å². The lowest BCUT2D eigenvalue weighted by Crippen LogP contribution is -1.95. The Balaban J connectivity index is 2.76. The lowest BCUT2D eigenvalue weighted by molar-refractivity contribution is -0.386. The molecule has 2 N–H and O–H groups in total. The number of rotatable bonds is 3. The second kappa shape index (κ2) is 5.32.